The number of methoxy groups -OCH3 is 1. The molecule has 0 heterocycles. The van der Waals surface area contributed by atoms with E-state index in [4.69, 9.17) is 19.5 Å². The number of rotatable bonds is 9. The molecule has 1 aromatic rings. The van der Waals surface area contributed by atoms with Crippen molar-refractivity contribution in [1.82, 2.24) is 5.48 Å². The third kappa shape index (κ3) is 5.72. The van der Waals surface area contributed by atoms with Crippen molar-refractivity contribution < 1.29 is 24.3 Å². The fourth-order valence-electron chi connectivity index (χ4n) is 1.87. The number of hydrogen-bond acceptors (Lipinski definition) is 7. The molecule has 0 fully saturated rings. The van der Waals surface area contributed by atoms with Gasteiger partial charge in [-0.3, -0.25) is 4.84 Å². The Hall–Kier alpha value is -2.38. The number of carbonyl (C=O) groups is 1. The summed E-state index contributed by atoms with van der Waals surface area (Å²) in [5.41, 5.74) is 3.98. The maximum absolute atomic E-state index is 11.4. The molecule has 0 saturated carbocycles. The summed E-state index contributed by atoms with van der Waals surface area (Å²) in [6.07, 6.45) is 1.18. The van der Waals surface area contributed by atoms with Gasteiger partial charge in [-0.15, -0.1) is 0 Å². The highest BCUT2D eigenvalue weighted by Gasteiger charge is 2.19. The average molecular weight is 322 g/mol. The molecule has 0 aliphatic rings. The minimum absolute atomic E-state index is 0.344. The lowest BCUT2D eigenvalue weighted by atomic mass is 10.1. The lowest BCUT2D eigenvalue weighted by molar-refractivity contribution is -0.129. The Kier molecular flexibility index (Phi) is 7.79. The second kappa shape index (κ2) is 9.60. The van der Waals surface area contributed by atoms with Crippen molar-refractivity contribution in [2.45, 2.75) is 26.4 Å². The first-order valence-electron chi connectivity index (χ1n) is 7.10. The third-order valence-corrected chi connectivity index (χ3v) is 3.05. The molecule has 7 heteroatoms. The quantitative estimate of drug-likeness (QED) is 0.138. The Morgan fingerprint density at radius 3 is 2.78 bits per heavy atom. The first-order chi connectivity index (χ1) is 11.0. The lowest BCUT2D eigenvalue weighted by Crippen LogP contribution is -2.21. The van der Waals surface area contributed by atoms with Gasteiger partial charge in [0, 0.05) is 19.0 Å². The Morgan fingerprint density at radius 2 is 2.17 bits per heavy atom. The minimum atomic E-state index is -0.561. The third-order valence-electron chi connectivity index (χ3n) is 3.05. The molecule has 0 amide bonds. The lowest BCUT2D eigenvalue weighted by Gasteiger charge is -2.19. The second-order valence-corrected chi connectivity index (χ2v) is 4.74. The maximum Gasteiger partial charge on any atom is 0.335 e. The summed E-state index contributed by atoms with van der Waals surface area (Å²) in [5, 5.41) is 11.7. The highest BCUT2D eigenvalue weighted by atomic mass is 16.7. The van der Waals surface area contributed by atoms with Gasteiger partial charge in [-0.1, -0.05) is 17.8 Å². The zero-order chi connectivity index (χ0) is 17.2. The molecule has 0 aromatic heterocycles. The van der Waals surface area contributed by atoms with Gasteiger partial charge in [-0.25, -0.2) is 10.3 Å². The largest absolute Gasteiger partial charge is 0.496 e. The van der Waals surface area contributed by atoms with E-state index in [1.807, 2.05) is 0 Å². The molecule has 0 aliphatic heterocycles. The number of esters is 1. The van der Waals surface area contributed by atoms with Crippen LogP contribution in [0.5, 0.6) is 11.5 Å². The van der Waals surface area contributed by atoms with Gasteiger partial charge in [0.1, 0.15) is 17.6 Å². The Morgan fingerprint density at radius 1 is 1.48 bits per heavy atom. The second-order valence-electron chi connectivity index (χ2n) is 4.74. The van der Waals surface area contributed by atoms with Gasteiger partial charge < -0.3 is 14.7 Å². The molecule has 0 aliphatic carbocycles. The summed E-state index contributed by atoms with van der Waals surface area (Å²) >= 11 is 0. The van der Waals surface area contributed by atoms with E-state index in [0.29, 0.717) is 35.7 Å². The summed E-state index contributed by atoms with van der Waals surface area (Å²) in [4.78, 5) is 17.0. The summed E-state index contributed by atoms with van der Waals surface area (Å²) in [6, 6.07) is 5.12. The summed E-state index contributed by atoms with van der Waals surface area (Å²) in [5.74, 6) is 0.327. The van der Waals surface area contributed by atoms with Crippen LogP contribution in [-0.4, -0.2) is 30.5 Å². The Bertz CT molecular complexity index is 572. The molecule has 0 spiro atoms. The average Bonchev–Trinajstić information content (AvgIpc) is 2.57. The summed E-state index contributed by atoms with van der Waals surface area (Å²) in [6.45, 7) is 7.35. The van der Waals surface area contributed by atoms with E-state index in [0.717, 1.165) is 6.08 Å². The maximum atomic E-state index is 11.4. The molecule has 0 bridgehead atoms. The predicted octanol–water partition coefficient (Wildman–Crippen LogP) is 2.61. The van der Waals surface area contributed by atoms with Crippen LogP contribution in [0.15, 0.2) is 36.0 Å². The van der Waals surface area contributed by atoms with E-state index >= 15 is 0 Å². The Balaban J connectivity index is 2.82. The first-order valence-corrected chi connectivity index (χ1v) is 7.10. The number of hydrogen-bond donors (Lipinski definition) is 2. The van der Waals surface area contributed by atoms with Gasteiger partial charge in [-0.05, 0) is 26.0 Å². The topological polar surface area (TPSA) is 89.4 Å². The molecule has 1 rings (SSSR count). The van der Waals surface area contributed by atoms with E-state index in [-0.39, 0.29) is 0 Å². The van der Waals surface area contributed by atoms with Crippen LogP contribution < -0.4 is 15.0 Å². The van der Waals surface area contributed by atoms with Crippen molar-refractivity contribution >= 4 is 11.7 Å². The molecule has 0 saturated heterocycles. The number of carbonyl (C=O) groups excluding carboxylic acids is 1. The molecule has 1 atom stereocenters. The standard InChI is InChI=1S/C16H22N2O5/c1-5-15(19)22-14-8-6-7-13(21-4)16(14)12(3)23-17-10-9-11(2)18-20/h5-8,12,17,20H,1,9-10H2,2-4H3. The van der Waals surface area contributed by atoms with Crippen LogP contribution in [-0.2, 0) is 9.63 Å². The zero-order valence-electron chi connectivity index (χ0n) is 13.5. The number of nitrogens with zero attached hydrogens (tertiary/aromatic N) is 1. The smallest absolute Gasteiger partial charge is 0.335 e. The monoisotopic (exact) mass is 322 g/mol. The molecular weight excluding hydrogens is 300 g/mol. The van der Waals surface area contributed by atoms with Gasteiger partial charge in [0.05, 0.1) is 18.4 Å². The predicted molar refractivity (Wildman–Crippen MR) is 85.8 cm³/mol. The fraction of sp³-hybridized carbons (Fsp3) is 0.375. The van der Waals surface area contributed by atoms with Crippen LogP contribution in [0.3, 0.4) is 0 Å². The summed E-state index contributed by atoms with van der Waals surface area (Å²) < 4.78 is 10.5. The van der Waals surface area contributed by atoms with E-state index in [1.54, 1.807) is 32.0 Å². The number of nitrogens with one attached hydrogen (secondary N) is 1. The van der Waals surface area contributed by atoms with Gasteiger partial charge in [0.2, 0.25) is 0 Å². The van der Waals surface area contributed by atoms with Crippen molar-refractivity contribution in [2.24, 2.45) is 5.16 Å². The molecule has 126 valence electrons. The minimum Gasteiger partial charge on any atom is -0.496 e. The number of hydroxylamine groups is 1. The highest BCUT2D eigenvalue weighted by molar-refractivity contribution is 5.83. The van der Waals surface area contributed by atoms with Crippen molar-refractivity contribution in [1.29, 1.82) is 0 Å². The van der Waals surface area contributed by atoms with Crippen LogP contribution in [0.2, 0.25) is 0 Å². The van der Waals surface area contributed by atoms with Gasteiger partial charge in [-0.2, -0.15) is 0 Å². The van der Waals surface area contributed by atoms with E-state index in [1.165, 1.54) is 7.11 Å². The number of oxime groups is 1. The van der Waals surface area contributed by atoms with E-state index in [9.17, 15) is 4.79 Å². The Labute approximate surface area is 135 Å². The van der Waals surface area contributed by atoms with Crippen molar-refractivity contribution in [2.75, 3.05) is 13.7 Å². The van der Waals surface area contributed by atoms with Crippen LogP contribution in [0.1, 0.15) is 31.9 Å². The first kappa shape index (κ1) is 18.7. The van der Waals surface area contributed by atoms with Crippen molar-refractivity contribution in [3.8, 4) is 11.5 Å². The van der Waals surface area contributed by atoms with Crippen LogP contribution in [0.25, 0.3) is 0 Å². The molecule has 7 nitrogen and oxygen atoms in total. The molecule has 0 radical (unpaired) electrons. The van der Waals surface area contributed by atoms with Crippen molar-refractivity contribution in [3.63, 3.8) is 0 Å². The molecule has 2 N–H and O–H groups in total. The number of benzene rings is 1. The van der Waals surface area contributed by atoms with E-state index < -0.39 is 12.1 Å². The highest BCUT2D eigenvalue weighted by Crippen LogP contribution is 2.35. The number of ether oxygens (including phenoxy) is 2. The van der Waals surface area contributed by atoms with Gasteiger partial charge >= 0.3 is 5.97 Å². The van der Waals surface area contributed by atoms with Crippen LogP contribution in [0, 0.1) is 0 Å². The van der Waals surface area contributed by atoms with Crippen LogP contribution in [0.4, 0.5) is 0 Å². The normalized spacial score (nSPS) is 12.6. The van der Waals surface area contributed by atoms with Gasteiger partial charge in [0.15, 0.2) is 0 Å². The summed E-state index contributed by atoms with van der Waals surface area (Å²) in [7, 11) is 1.53. The van der Waals surface area contributed by atoms with Gasteiger partial charge in [0.25, 0.3) is 0 Å². The molecule has 1 aromatic carbocycles. The molecular formula is C16H22N2O5. The van der Waals surface area contributed by atoms with E-state index in [2.05, 4.69) is 17.2 Å². The zero-order valence-corrected chi connectivity index (χ0v) is 13.5. The molecule has 23 heavy (non-hydrogen) atoms. The van der Waals surface area contributed by atoms with Crippen molar-refractivity contribution in [3.05, 3.63) is 36.4 Å². The molecule has 1 unspecified atom stereocenters. The van der Waals surface area contributed by atoms with Crippen LogP contribution >= 0.6 is 0 Å². The SMILES string of the molecule is C=CC(=O)Oc1cccc(OC)c1C(C)ONCCC(C)=NO. The fourth-order valence-corrected chi connectivity index (χ4v) is 1.87.